The summed E-state index contributed by atoms with van der Waals surface area (Å²) in [4.78, 5) is 22.1. The van der Waals surface area contributed by atoms with Crippen LogP contribution in [-0.4, -0.2) is 44.7 Å². The summed E-state index contributed by atoms with van der Waals surface area (Å²) in [6.45, 7) is 5.47. The van der Waals surface area contributed by atoms with Gasteiger partial charge in [0.15, 0.2) is 6.61 Å². The Balaban J connectivity index is 2.19. The van der Waals surface area contributed by atoms with E-state index in [1.54, 1.807) is 0 Å². The van der Waals surface area contributed by atoms with Gasteiger partial charge in [-0.2, -0.15) is 0 Å². The van der Waals surface area contributed by atoms with Crippen molar-refractivity contribution in [3.05, 3.63) is 12.2 Å². The molecule has 16 heavy (non-hydrogen) atoms. The summed E-state index contributed by atoms with van der Waals surface area (Å²) < 4.78 is 19.5. The van der Waals surface area contributed by atoms with Crippen molar-refractivity contribution in [3.8, 4) is 0 Å². The van der Waals surface area contributed by atoms with Crippen molar-refractivity contribution in [1.82, 2.24) is 0 Å². The average Bonchev–Trinajstić information content (AvgIpc) is 2.27. The second kappa shape index (κ2) is 6.24. The van der Waals surface area contributed by atoms with Gasteiger partial charge in [-0.05, 0) is 6.92 Å². The van der Waals surface area contributed by atoms with Crippen LogP contribution in [0.15, 0.2) is 12.2 Å². The molecule has 0 amide bonds. The first-order valence-corrected chi connectivity index (χ1v) is 4.81. The number of carbonyl (C=O) groups excluding carboxylic acids is 2. The van der Waals surface area contributed by atoms with Gasteiger partial charge in [0.25, 0.3) is 0 Å². The molecule has 0 bridgehead atoms. The Hall–Kier alpha value is -1.40. The molecule has 0 aliphatic carbocycles. The third kappa shape index (κ3) is 4.41. The lowest BCUT2D eigenvalue weighted by atomic mass is 10.4. The van der Waals surface area contributed by atoms with E-state index < -0.39 is 24.8 Å². The monoisotopic (exact) mass is 230 g/mol. The molecule has 1 saturated heterocycles. The van der Waals surface area contributed by atoms with Gasteiger partial charge in [0.05, 0.1) is 13.2 Å². The molecule has 1 rings (SSSR count). The predicted molar refractivity (Wildman–Crippen MR) is 52.4 cm³/mol. The van der Waals surface area contributed by atoms with E-state index in [1.165, 1.54) is 6.92 Å². The third-order valence-electron chi connectivity index (χ3n) is 1.72. The van der Waals surface area contributed by atoms with E-state index in [9.17, 15) is 9.59 Å². The summed E-state index contributed by atoms with van der Waals surface area (Å²) in [5.74, 6) is -1.30. The minimum atomic E-state index is -0.718. The second-order valence-corrected chi connectivity index (χ2v) is 3.22. The Morgan fingerprint density at radius 2 is 2.19 bits per heavy atom. The van der Waals surface area contributed by atoms with Crippen LogP contribution in [0.3, 0.4) is 0 Å². The van der Waals surface area contributed by atoms with Crippen molar-refractivity contribution >= 4 is 11.9 Å². The van der Waals surface area contributed by atoms with E-state index in [1.807, 2.05) is 0 Å². The summed E-state index contributed by atoms with van der Waals surface area (Å²) in [5, 5.41) is 0. The molecule has 0 unspecified atom stereocenters. The van der Waals surface area contributed by atoms with Gasteiger partial charge in [0.2, 0.25) is 6.29 Å². The van der Waals surface area contributed by atoms with Crippen molar-refractivity contribution in [2.75, 3.05) is 26.4 Å². The van der Waals surface area contributed by atoms with Crippen LogP contribution in [0.1, 0.15) is 6.92 Å². The standard InChI is InChI=1S/C10H14O6/c1-7(2)10(12)15-5-8(11)16-9-6-13-3-4-14-9/h9H,1,3-6H2,2H3/t9-/m1/s1. The maximum absolute atomic E-state index is 11.2. The van der Waals surface area contributed by atoms with Gasteiger partial charge in [0.1, 0.15) is 6.61 Å². The molecule has 0 radical (unpaired) electrons. The zero-order chi connectivity index (χ0) is 12.0. The van der Waals surface area contributed by atoms with Gasteiger partial charge in [0, 0.05) is 5.57 Å². The first-order valence-electron chi connectivity index (χ1n) is 4.81. The first-order chi connectivity index (χ1) is 7.59. The molecule has 0 spiro atoms. The molecule has 0 aromatic heterocycles. The highest BCUT2D eigenvalue weighted by Crippen LogP contribution is 2.03. The van der Waals surface area contributed by atoms with Crippen LogP contribution in [0.5, 0.6) is 0 Å². The molecule has 1 aliphatic heterocycles. The highest BCUT2D eigenvalue weighted by Gasteiger charge is 2.19. The van der Waals surface area contributed by atoms with E-state index in [-0.39, 0.29) is 12.2 Å². The molecule has 1 atom stereocenters. The van der Waals surface area contributed by atoms with Crippen LogP contribution in [0.4, 0.5) is 0 Å². The predicted octanol–water partition coefficient (Wildman–Crippen LogP) is 0.0218. The highest BCUT2D eigenvalue weighted by atomic mass is 16.7. The normalized spacial score (nSPS) is 19.9. The highest BCUT2D eigenvalue weighted by molar-refractivity contribution is 5.88. The zero-order valence-corrected chi connectivity index (χ0v) is 9.06. The van der Waals surface area contributed by atoms with Crippen LogP contribution >= 0.6 is 0 Å². The van der Waals surface area contributed by atoms with Crippen LogP contribution in [0.25, 0.3) is 0 Å². The van der Waals surface area contributed by atoms with Gasteiger partial charge in [-0.3, -0.25) is 0 Å². The van der Waals surface area contributed by atoms with E-state index in [4.69, 9.17) is 14.2 Å². The maximum Gasteiger partial charge on any atom is 0.346 e. The third-order valence-corrected chi connectivity index (χ3v) is 1.72. The van der Waals surface area contributed by atoms with E-state index in [0.717, 1.165) is 0 Å². The van der Waals surface area contributed by atoms with E-state index >= 15 is 0 Å². The SMILES string of the molecule is C=C(C)C(=O)OCC(=O)O[C@@H]1COCCO1. The average molecular weight is 230 g/mol. The number of hydrogen-bond acceptors (Lipinski definition) is 6. The fourth-order valence-corrected chi connectivity index (χ4v) is 0.962. The number of esters is 2. The Labute approximate surface area is 93.1 Å². The van der Waals surface area contributed by atoms with E-state index in [2.05, 4.69) is 11.3 Å². The smallest absolute Gasteiger partial charge is 0.346 e. The van der Waals surface area contributed by atoms with Gasteiger partial charge in [-0.15, -0.1) is 0 Å². The maximum atomic E-state index is 11.2. The minimum Gasteiger partial charge on any atom is -0.450 e. The lowest BCUT2D eigenvalue weighted by Gasteiger charge is -2.22. The molecular formula is C10H14O6. The fourth-order valence-electron chi connectivity index (χ4n) is 0.962. The van der Waals surface area contributed by atoms with Gasteiger partial charge in [-0.1, -0.05) is 6.58 Å². The van der Waals surface area contributed by atoms with Gasteiger partial charge >= 0.3 is 11.9 Å². The molecule has 1 fully saturated rings. The number of rotatable bonds is 4. The Bertz CT molecular complexity index is 279. The van der Waals surface area contributed by atoms with Crippen LogP contribution in [0.2, 0.25) is 0 Å². The molecule has 0 N–H and O–H groups in total. The Kier molecular flexibility index (Phi) is 4.94. The molecule has 1 heterocycles. The van der Waals surface area contributed by atoms with Crippen molar-refractivity contribution in [2.24, 2.45) is 0 Å². The van der Waals surface area contributed by atoms with Gasteiger partial charge < -0.3 is 18.9 Å². The summed E-state index contributed by atoms with van der Waals surface area (Å²) >= 11 is 0. The Morgan fingerprint density at radius 1 is 1.44 bits per heavy atom. The molecule has 6 heteroatoms. The summed E-state index contributed by atoms with van der Waals surface area (Å²) in [5.41, 5.74) is 0.227. The molecule has 0 aromatic rings. The van der Waals surface area contributed by atoms with Crippen molar-refractivity contribution in [1.29, 1.82) is 0 Å². The van der Waals surface area contributed by atoms with Crippen LogP contribution in [-0.2, 0) is 28.5 Å². The Morgan fingerprint density at radius 3 is 2.75 bits per heavy atom. The lowest BCUT2D eigenvalue weighted by molar-refractivity contribution is -0.216. The topological polar surface area (TPSA) is 71.1 Å². The molecule has 0 saturated carbocycles. The first kappa shape index (κ1) is 12.7. The molecule has 0 aromatic carbocycles. The molecule has 90 valence electrons. The second-order valence-electron chi connectivity index (χ2n) is 3.22. The van der Waals surface area contributed by atoms with E-state index in [0.29, 0.717) is 13.2 Å². The largest absolute Gasteiger partial charge is 0.450 e. The summed E-state index contributed by atoms with van der Waals surface area (Å²) in [6.07, 6.45) is -0.718. The molecule has 1 aliphatic rings. The lowest BCUT2D eigenvalue weighted by Crippen LogP contribution is -2.34. The van der Waals surface area contributed by atoms with Crippen LogP contribution < -0.4 is 0 Å². The fraction of sp³-hybridized carbons (Fsp3) is 0.600. The molecule has 6 nitrogen and oxygen atoms in total. The molecular weight excluding hydrogens is 216 g/mol. The van der Waals surface area contributed by atoms with Crippen molar-refractivity contribution in [2.45, 2.75) is 13.2 Å². The van der Waals surface area contributed by atoms with Crippen LogP contribution in [0, 0.1) is 0 Å². The summed E-state index contributed by atoms with van der Waals surface area (Å²) in [7, 11) is 0. The number of ether oxygens (including phenoxy) is 4. The zero-order valence-electron chi connectivity index (χ0n) is 9.06. The van der Waals surface area contributed by atoms with Crippen molar-refractivity contribution < 1.29 is 28.5 Å². The quantitative estimate of drug-likeness (QED) is 0.501. The minimum absolute atomic E-state index is 0.195. The van der Waals surface area contributed by atoms with Gasteiger partial charge in [-0.25, -0.2) is 9.59 Å². The van der Waals surface area contributed by atoms with Crippen molar-refractivity contribution in [3.63, 3.8) is 0 Å². The number of hydrogen-bond donors (Lipinski definition) is 0. The number of carbonyl (C=O) groups is 2. The summed E-state index contributed by atoms with van der Waals surface area (Å²) in [6, 6.07) is 0.